The van der Waals surface area contributed by atoms with Crippen LogP contribution < -0.4 is 4.90 Å². The molecule has 5 heteroatoms. The summed E-state index contributed by atoms with van der Waals surface area (Å²) >= 11 is 0. The molecule has 5 nitrogen and oxygen atoms in total. The van der Waals surface area contributed by atoms with Gasteiger partial charge in [-0.2, -0.15) is 0 Å². The van der Waals surface area contributed by atoms with Crippen molar-refractivity contribution < 1.29 is 5.11 Å². The third-order valence-corrected chi connectivity index (χ3v) is 3.77. The lowest BCUT2D eigenvalue weighted by atomic mass is 10.1. The molecule has 1 fully saturated rings. The van der Waals surface area contributed by atoms with Crippen molar-refractivity contribution >= 4 is 5.82 Å². The average molecular weight is 278 g/mol. The highest BCUT2D eigenvalue weighted by molar-refractivity contribution is 5.41. The van der Waals surface area contributed by atoms with Gasteiger partial charge < -0.3 is 10.0 Å². The number of hydrogen-bond acceptors (Lipinski definition) is 5. The lowest BCUT2D eigenvalue weighted by Crippen LogP contribution is -2.53. The maximum Gasteiger partial charge on any atom is 0.132 e. The third kappa shape index (κ3) is 3.67. The SMILES string of the molecule is CCc1cc(N2CCN(CC(C)O)CC2C)nc(C)n1. The van der Waals surface area contributed by atoms with Gasteiger partial charge in [0.25, 0.3) is 0 Å². The fraction of sp³-hybridized carbons (Fsp3) is 0.733. The summed E-state index contributed by atoms with van der Waals surface area (Å²) in [4.78, 5) is 13.7. The molecule has 1 aliphatic rings. The molecule has 20 heavy (non-hydrogen) atoms. The lowest BCUT2D eigenvalue weighted by Gasteiger charge is -2.41. The molecule has 2 heterocycles. The number of rotatable bonds is 4. The Morgan fingerprint density at radius 1 is 1.40 bits per heavy atom. The fourth-order valence-corrected chi connectivity index (χ4v) is 2.85. The number of hydrogen-bond donors (Lipinski definition) is 1. The Morgan fingerprint density at radius 3 is 2.75 bits per heavy atom. The molecule has 2 unspecified atom stereocenters. The fourth-order valence-electron chi connectivity index (χ4n) is 2.85. The van der Waals surface area contributed by atoms with E-state index in [-0.39, 0.29) is 6.10 Å². The zero-order valence-electron chi connectivity index (χ0n) is 13.0. The highest BCUT2D eigenvalue weighted by atomic mass is 16.3. The molecule has 0 spiro atoms. The number of aliphatic hydroxyl groups excluding tert-OH is 1. The van der Waals surface area contributed by atoms with Crippen LogP contribution in [0.15, 0.2) is 6.07 Å². The van der Waals surface area contributed by atoms with Gasteiger partial charge in [0.2, 0.25) is 0 Å². The van der Waals surface area contributed by atoms with Crippen LogP contribution >= 0.6 is 0 Å². The summed E-state index contributed by atoms with van der Waals surface area (Å²) in [5, 5.41) is 9.50. The predicted octanol–water partition coefficient (Wildman–Crippen LogP) is 1.24. The molecule has 1 N–H and O–H groups in total. The van der Waals surface area contributed by atoms with Gasteiger partial charge in [-0.05, 0) is 27.2 Å². The van der Waals surface area contributed by atoms with Gasteiger partial charge in [-0.3, -0.25) is 4.90 Å². The van der Waals surface area contributed by atoms with E-state index in [4.69, 9.17) is 0 Å². The number of β-amino-alcohol motifs (C(OH)–C–C–N with tert-alkyl or cyclic N) is 1. The number of piperazine rings is 1. The summed E-state index contributed by atoms with van der Waals surface area (Å²) in [6, 6.07) is 2.51. The van der Waals surface area contributed by atoms with E-state index in [1.165, 1.54) is 0 Å². The smallest absolute Gasteiger partial charge is 0.132 e. The molecule has 112 valence electrons. The molecular weight excluding hydrogens is 252 g/mol. The zero-order chi connectivity index (χ0) is 14.7. The van der Waals surface area contributed by atoms with Crippen LogP contribution in [0.4, 0.5) is 5.82 Å². The molecule has 0 bridgehead atoms. The van der Waals surface area contributed by atoms with E-state index in [9.17, 15) is 5.11 Å². The van der Waals surface area contributed by atoms with E-state index in [0.29, 0.717) is 6.04 Å². The second-order valence-electron chi connectivity index (χ2n) is 5.77. The Hall–Kier alpha value is -1.20. The maximum atomic E-state index is 9.50. The first kappa shape index (κ1) is 15.2. The summed E-state index contributed by atoms with van der Waals surface area (Å²) in [6.45, 7) is 11.8. The molecule has 0 amide bonds. The third-order valence-electron chi connectivity index (χ3n) is 3.77. The van der Waals surface area contributed by atoms with Crippen LogP contribution in [-0.4, -0.2) is 58.3 Å². The molecule has 2 rings (SSSR count). The van der Waals surface area contributed by atoms with Crippen LogP contribution in [0.2, 0.25) is 0 Å². The van der Waals surface area contributed by atoms with Crippen molar-refractivity contribution in [3.63, 3.8) is 0 Å². The molecule has 0 aliphatic carbocycles. The molecule has 2 atom stereocenters. The highest BCUT2D eigenvalue weighted by Crippen LogP contribution is 2.19. The molecule has 1 saturated heterocycles. The normalized spacial score (nSPS) is 22.1. The summed E-state index contributed by atoms with van der Waals surface area (Å²) in [5.74, 6) is 1.89. The lowest BCUT2D eigenvalue weighted by molar-refractivity contribution is 0.114. The molecule has 1 aromatic heterocycles. The van der Waals surface area contributed by atoms with Crippen molar-refractivity contribution in [2.75, 3.05) is 31.1 Å². The number of aryl methyl sites for hydroxylation is 2. The highest BCUT2D eigenvalue weighted by Gasteiger charge is 2.25. The monoisotopic (exact) mass is 278 g/mol. The predicted molar refractivity (Wildman–Crippen MR) is 81.1 cm³/mol. The van der Waals surface area contributed by atoms with Crippen LogP contribution in [0.1, 0.15) is 32.3 Å². The van der Waals surface area contributed by atoms with Gasteiger partial charge in [-0.15, -0.1) is 0 Å². The summed E-state index contributed by atoms with van der Waals surface area (Å²) < 4.78 is 0. The van der Waals surface area contributed by atoms with E-state index in [2.05, 4.69) is 39.7 Å². The van der Waals surface area contributed by atoms with E-state index < -0.39 is 0 Å². The Morgan fingerprint density at radius 2 is 2.15 bits per heavy atom. The van der Waals surface area contributed by atoms with Crippen LogP contribution in [0.3, 0.4) is 0 Å². The first-order valence-electron chi connectivity index (χ1n) is 7.51. The minimum absolute atomic E-state index is 0.262. The summed E-state index contributed by atoms with van der Waals surface area (Å²) in [6.07, 6.45) is 0.675. The van der Waals surface area contributed by atoms with E-state index in [0.717, 1.165) is 49.9 Å². The minimum Gasteiger partial charge on any atom is -0.392 e. The number of nitrogens with zero attached hydrogens (tertiary/aromatic N) is 4. The minimum atomic E-state index is -0.262. The van der Waals surface area contributed by atoms with Gasteiger partial charge in [-0.25, -0.2) is 9.97 Å². The van der Waals surface area contributed by atoms with Crippen LogP contribution in [-0.2, 0) is 6.42 Å². The van der Waals surface area contributed by atoms with Crippen molar-refractivity contribution in [1.82, 2.24) is 14.9 Å². The molecular formula is C15H26N4O. The summed E-state index contributed by atoms with van der Waals surface area (Å²) in [5.41, 5.74) is 1.10. The topological polar surface area (TPSA) is 52.5 Å². The average Bonchev–Trinajstić information content (AvgIpc) is 2.37. The van der Waals surface area contributed by atoms with Gasteiger partial charge in [0.15, 0.2) is 0 Å². The summed E-state index contributed by atoms with van der Waals surface area (Å²) in [7, 11) is 0. The Labute approximate surface area is 121 Å². The van der Waals surface area contributed by atoms with Crippen molar-refractivity contribution in [1.29, 1.82) is 0 Å². The Kier molecular flexibility index (Phi) is 4.94. The quantitative estimate of drug-likeness (QED) is 0.898. The molecule has 1 aromatic rings. The van der Waals surface area contributed by atoms with Gasteiger partial charge in [0, 0.05) is 44.0 Å². The second kappa shape index (κ2) is 6.50. The molecule has 0 aromatic carbocycles. The van der Waals surface area contributed by atoms with Gasteiger partial charge in [0.1, 0.15) is 11.6 Å². The number of anilines is 1. The number of aliphatic hydroxyl groups is 1. The van der Waals surface area contributed by atoms with Gasteiger partial charge in [0.05, 0.1) is 6.10 Å². The van der Waals surface area contributed by atoms with E-state index in [1.807, 2.05) is 13.8 Å². The standard InChI is InChI=1S/C15H26N4O/c1-5-14-8-15(17-13(4)16-14)19-7-6-18(9-11(19)2)10-12(3)20/h8,11-12,20H,5-7,9-10H2,1-4H3. The van der Waals surface area contributed by atoms with Crippen molar-refractivity contribution in [2.24, 2.45) is 0 Å². The molecule has 0 saturated carbocycles. The first-order chi connectivity index (χ1) is 9.49. The van der Waals surface area contributed by atoms with Crippen LogP contribution in [0, 0.1) is 6.92 Å². The Balaban J connectivity index is 2.09. The van der Waals surface area contributed by atoms with Crippen molar-refractivity contribution in [2.45, 2.75) is 46.3 Å². The largest absolute Gasteiger partial charge is 0.392 e. The number of aromatic nitrogens is 2. The second-order valence-corrected chi connectivity index (χ2v) is 5.77. The zero-order valence-corrected chi connectivity index (χ0v) is 13.0. The van der Waals surface area contributed by atoms with E-state index in [1.54, 1.807) is 0 Å². The molecule has 0 radical (unpaired) electrons. The maximum absolute atomic E-state index is 9.50. The van der Waals surface area contributed by atoms with E-state index >= 15 is 0 Å². The Bertz CT molecular complexity index is 449. The molecule has 1 aliphatic heterocycles. The van der Waals surface area contributed by atoms with Crippen molar-refractivity contribution in [3.05, 3.63) is 17.6 Å². The van der Waals surface area contributed by atoms with Gasteiger partial charge in [-0.1, -0.05) is 6.92 Å². The van der Waals surface area contributed by atoms with Crippen molar-refractivity contribution in [3.8, 4) is 0 Å². The van der Waals surface area contributed by atoms with Crippen LogP contribution in [0.5, 0.6) is 0 Å². The van der Waals surface area contributed by atoms with Crippen LogP contribution in [0.25, 0.3) is 0 Å². The van der Waals surface area contributed by atoms with Gasteiger partial charge >= 0.3 is 0 Å². The first-order valence-corrected chi connectivity index (χ1v) is 7.51.